The molecule has 0 radical (unpaired) electrons. The standard InChI is InChI=1S/C12H13ClINS/c1-7(2)12-15-10-5-8(13)9(14-3-4-14)6-11(10)16-12/h5-7H,3-4H2,1-2H3. The Kier molecular flexibility index (Phi) is 2.88. The number of benzene rings is 1. The van der Waals surface area contributed by atoms with Crippen molar-refractivity contribution in [3.05, 3.63) is 25.7 Å². The Labute approximate surface area is 112 Å². The third kappa shape index (κ3) is 1.97. The van der Waals surface area contributed by atoms with E-state index in [-0.39, 0.29) is 0 Å². The Balaban J connectivity index is 2.15. The van der Waals surface area contributed by atoms with Crippen LogP contribution in [-0.4, -0.2) is 13.8 Å². The molecule has 1 fully saturated rings. The Morgan fingerprint density at radius 1 is 1.38 bits per heavy atom. The summed E-state index contributed by atoms with van der Waals surface area (Å²) in [4.78, 5) is 4.65. The van der Waals surface area contributed by atoms with E-state index < -0.39 is 19.8 Å². The second-order valence-corrected chi connectivity index (χ2v) is 11.7. The van der Waals surface area contributed by atoms with Gasteiger partial charge in [-0.15, -0.1) is 0 Å². The summed E-state index contributed by atoms with van der Waals surface area (Å²) in [5.74, 6) is 0.513. The first-order valence-corrected chi connectivity index (χ1v) is 10.7. The topological polar surface area (TPSA) is 12.9 Å². The molecular weight excluding hydrogens is 353 g/mol. The first-order valence-electron chi connectivity index (χ1n) is 5.37. The molecule has 0 bridgehead atoms. The van der Waals surface area contributed by atoms with Crippen molar-refractivity contribution in [2.75, 3.05) is 8.86 Å². The van der Waals surface area contributed by atoms with Crippen LogP contribution in [0.4, 0.5) is 0 Å². The molecule has 1 aliphatic rings. The molecule has 1 aliphatic heterocycles. The van der Waals surface area contributed by atoms with Crippen LogP contribution >= 0.6 is 42.8 Å². The second kappa shape index (κ2) is 4.10. The fraction of sp³-hybridized carbons (Fsp3) is 0.417. The predicted molar refractivity (Wildman–Crippen MR) is 81.2 cm³/mol. The van der Waals surface area contributed by atoms with E-state index in [1.165, 1.54) is 22.1 Å². The average Bonchev–Trinajstić information content (AvgIpc) is 2.97. The van der Waals surface area contributed by atoms with Crippen LogP contribution in [0.3, 0.4) is 0 Å². The molecule has 0 aliphatic carbocycles. The molecule has 16 heavy (non-hydrogen) atoms. The van der Waals surface area contributed by atoms with Gasteiger partial charge in [0.2, 0.25) is 0 Å². The van der Waals surface area contributed by atoms with E-state index in [0.717, 1.165) is 10.5 Å². The number of thiazole rings is 1. The van der Waals surface area contributed by atoms with Crippen LogP contribution in [0.1, 0.15) is 24.8 Å². The van der Waals surface area contributed by atoms with Gasteiger partial charge in [-0.05, 0) is 0 Å². The number of aromatic nitrogens is 1. The van der Waals surface area contributed by atoms with Crippen LogP contribution < -0.4 is 0 Å². The molecule has 1 aromatic heterocycles. The number of hydrogen-bond acceptors (Lipinski definition) is 2. The van der Waals surface area contributed by atoms with E-state index >= 15 is 0 Å². The van der Waals surface area contributed by atoms with E-state index in [9.17, 15) is 0 Å². The maximum absolute atomic E-state index is 6.33. The van der Waals surface area contributed by atoms with Gasteiger partial charge in [-0.2, -0.15) is 0 Å². The summed E-state index contributed by atoms with van der Waals surface area (Å²) in [5, 5.41) is 2.19. The molecule has 2 aromatic rings. The van der Waals surface area contributed by atoms with Gasteiger partial charge in [0.05, 0.1) is 0 Å². The van der Waals surface area contributed by atoms with Gasteiger partial charge in [0.25, 0.3) is 0 Å². The maximum atomic E-state index is 6.33. The Morgan fingerprint density at radius 3 is 2.75 bits per heavy atom. The monoisotopic (exact) mass is 365 g/mol. The minimum absolute atomic E-state index is 0.513. The fourth-order valence-electron chi connectivity index (χ4n) is 1.63. The molecule has 0 unspecified atom stereocenters. The minimum atomic E-state index is -0.761. The SMILES string of the molecule is CC(C)c1nc2cc(Cl)c(I3CC3)cc2s1. The zero-order valence-electron chi connectivity index (χ0n) is 9.26. The quantitative estimate of drug-likeness (QED) is 0.552. The molecule has 1 aromatic carbocycles. The molecule has 86 valence electrons. The van der Waals surface area contributed by atoms with Crippen molar-refractivity contribution in [1.82, 2.24) is 4.98 Å². The predicted octanol–water partition coefficient (Wildman–Crippen LogP) is 4.76. The summed E-state index contributed by atoms with van der Waals surface area (Å²) in [6, 6.07) is 4.39. The van der Waals surface area contributed by atoms with Crippen LogP contribution in [-0.2, 0) is 0 Å². The molecule has 2 heterocycles. The van der Waals surface area contributed by atoms with Gasteiger partial charge in [-0.1, -0.05) is 0 Å². The zero-order valence-corrected chi connectivity index (χ0v) is 13.0. The van der Waals surface area contributed by atoms with Gasteiger partial charge in [-0.3, -0.25) is 0 Å². The van der Waals surface area contributed by atoms with Gasteiger partial charge >= 0.3 is 112 Å². The van der Waals surface area contributed by atoms with Crippen LogP contribution in [0.25, 0.3) is 10.2 Å². The van der Waals surface area contributed by atoms with Crippen LogP contribution in [0.5, 0.6) is 0 Å². The number of alkyl halides is 2. The molecule has 0 saturated carbocycles. The molecule has 4 heteroatoms. The number of fused-ring (bicyclic) bond motifs is 1. The summed E-state index contributed by atoms with van der Waals surface area (Å²) in [6.07, 6.45) is 0. The summed E-state index contributed by atoms with van der Waals surface area (Å²) in [7, 11) is 0. The molecule has 1 saturated heterocycles. The van der Waals surface area contributed by atoms with E-state index in [2.05, 4.69) is 31.0 Å². The van der Waals surface area contributed by atoms with Gasteiger partial charge in [0.15, 0.2) is 0 Å². The van der Waals surface area contributed by atoms with Crippen molar-refractivity contribution in [1.29, 1.82) is 0 Å². The van der Waals surface area contributed by atoms with Crippen molar-refractivity contribution in [3.8, 4) is 0 Å². The van der Waals surface area contributed by atoms with Gasteiger partial charge < -0.3 is 0 Å². The molecule has 1 nitrogen and oxygen atoms in total. The van der Waals surface area contributed by atoms with Gasteiger partial charge in [-0.25, -0.2) is 0 Å². The van der Waals surface area contributed by atoms with Gasteiger partial charge in [0.1, 0.15) is 0 Å². The fourth-order valence-corrected chi connectivity index (χ4v) is 8.04. The Bertz CT molecular complexity index is 545. The Hall–Kier alpha value is 0.130. The molecule has 0 N–H and O–H groups in total. The number of rotatable bonds is 2. The third-order valence-electron chi connectivity index (χ3n) is 2.61. The van der Waals surface area contributed by atoms with Crippen LogP contribution in [0, 0.1) is 3.57 Å². The van der Waals surface area contributed by atoms with E-state index in [1.54, 1.807) is 0 Å². The van der Waals surface area contributed by atoms with E-state index in [1.807, 2.05) is 11.3 Å². The average molecular weight is 366 g/mol. The first kappa shape index (κ1) is 11.2. The molecule has 0 atom stereocenters. The summed E-state index contributed by atoms with van der Waals surface area (Å²) in [6.45, 7) is 4.38. The summed E-state index contributed by atoms with van der Waals surface area (Å²) < 4.78 is 5.71. The molecular formula is C12H13ClINS. The third-order valence-corrected chi connectivity index (χ3v) is 9.25. The van der Waals surface area contributed by atoms with Crippen molar-refractivity contribution in [3.63, 3.8) is 0 Å². The van der Waals surface area contributed by atoms with Crippen LogP contribution in [0.15, 0.2) is 12.1 Å². The number of nitrogens with zero attached hydrogens (tertiary/aromatic N) is 1. The van der Waals surface area contributed by atoms with E-state index in [4.69, 9.17) is 11.6 Å². The molecule has 0 amide bonds. The van der Waals surface area contributed by atoms with Crippen molar-refractivity contribution in [2.24, 2.45) is 0 Å². The van der Waals surface area contributed by atoms with Crippen molar-refractivity contribution in [2.45, 2.75) is 19.8 Å². The normalized spacial score (nSPS) is 17.4. The summed E-state index contributed by atoms with van der Waals surface area (Å²) in [5.41, 5.74) is 1.08. The molecule has 0 spiro atoms. The number of halogens is 2. The van der Waals surface area contributed by atoms with Gasteiger partial charge in [0, 0.05) is 0 Å². The van der Waals surface area contributed by atoms with Crippen molar-refractivity contribution >= 4 is 53.0 Å². The van der Waals surface area contributed by atoms with E-state index in [0.29, 0.717) is 5.92 Å². The summed E-state index contributed by atoms with van der Waals surface area (Å²) >= 11 is 7.40. The number of hydrogen-bond donors (Lipinski definition) is 0. The zero-order chi connectivity index (χ0) is 11.3. The van der Waals surface area contributed by atoms with Crippen molar-refractivity contribution < 1.29 is 0 Å². The second-order valence-electron chi connectivity index (χ2n) is 4.28. The first-order chi connectivity index (χ1) is 7.65. The Morgan fingerprint density at radius 2 is 2.12 bits per heavy atom. The molecule has 3 rings (SSSR count). The van der Waals surface area contributed by atoms with Crippen LogP contribution in [0.2, 0.25) is 5.02 Å².